The molecule has 1 aromatic carbocycles. The van der Waals surface area contributed by atoms with E-state index in [1.165, 1.54) is 0 Å². The quantitative estimate of drug-likeness (QED) is 0.814. The Balaban J connectivity index is 2.28. The van der Waals surface area contributed by atoms with Gasteiger partial charge in [-0.05, 0) is 18.2 Å². The van der Waals surface area contributed by atoms with E-state index in [1.54, 1.807) is 0 Å². The number of aryl methyl sites for hydroxylation is 1. The molecule has 2 heterocycles. The van der Waals surface area contributed by atoms with Crippen molar-refractivity contribution in [2.75, 3.05) is 13.1 Å². The van der Waals surface area contributed by atoms with Gasteiger partial charge in [0.05, 0.1) is 12.1 Å². The first kappa shape index (κ1) is 9.66. The van der Waals surface area contributed by atoms with Crippen LogP contribution in [0.3, 0.4) is 0 Å². The fourth-order valence-corrected chi connectivity index (χ4v) is 2.14. The molecule has 0 fully saturated rings. The Labute approximate surface area is 97.9 Å². The summed E-state index contributed by atoms with van der Waals surface area (Å²) in [7, 11) is 1.93. The predicted octanol–water partition coefficient (Wildman–Crippen LogP) is 1.58. The van der Waals surface area contributed by atoms with Gasteiger partial charge in [0.2, 0.25) is 0 Å². The Morgan fingerprint density at radius 2 is 2.31 bits per heavy atom. The first-order chi connectivity index (χ1) is 7.75. The van der Waals surface area contributed by atoms with E-state index in [2.05, 4.69) is 15.4 Å². The van der Waals surface area contributed by atoms with Crippen LogP contribution in [0.2, 0.25) is 5.02 Å². The molecule has 0 saturated heterocycles. The summed E-state index contributed by atoms with van der Waals surface area (Å²) in [5, 5.41) is 9.47. The smallest absolute Gasteiger partial charge is 0.149 e. The van der Waals surface area contributed by atoms with Gasteiger partial charge in [-0.2, -0.15) is 5.10 Å². The van der Waals surface area contributed by atoms with Gasteiger partial charge >= 0.3 is 0 Å². The van der Waals surface area contributed by atoms with E-state index in [0.717, 1.165) is 40.5 Å². The van der Waals surface area contributed by atoms with E-state index < -0.39 is 0 Å². The van der Waals surface area contributed by atoms with Crippen LogP contribution in [0.25, 0.3) is 10.9 Å². The second kappa shape index (κ2) is 3.49. The molecular weight excluding hydrogens is 224 g/mol. The van der Waals surface area contributed by atoms with Crippen molar-refractivity contribution in [2.24, 2.45) is 12.0 Å². The van der Waals surface area contributed by atoms with Gasteiger partial charge in [-0.1, -0.05) is 11.6 Å². The fourth-order valence-electron chi connectivity index (χ4n) is 1.97. The lowest BCUT2D eigenvalue weighted by molar-refractivity contribution is 0.791. The van der Waals surface area contributed by atoms with Crippen LogP contribution < -0.4 is 5.32 Å². The lowest BCUT2D eigenvalue weighted by Crippen LogP contribution is -2.20. The van der Waals surface area contributed by atoms with Crippen LogP contribution in [0.15, 0.2) is 23.2 Å². The summed E-state index contributed by atoms with van der Waals surface area (Å²) >= 11 is 6.01. The minimum atomic E-state index is 0.723. The lowest BCUT2D eigenvalue weighted by Gasteiger charge is -1.98. The second-order valence-corrected chi connectivity index (χ2v) is 4.23. The third-order valence-electron chi connectivity index (χ3n) is 2.71. The molecule has 0 radical (unpaired) electrons. The van der Waals surface area contributed by atoms with Crippen molar-refractivity contribution in [1.29, 1.82) is 0 Å². The van der Waals surface area contributed by atoms with Crippen LogP contribution in [-0.2, 0) is 7.05 Å². The van der Waals surface area contributed by atoms with E-state index in [1.807, 2.05) is 29.9 Å². The molecule has 1 aliphatic rings. The van der Waals surface area contributed by atoms with Crippen molar-refractivity contribution in [3.05, 3.63) is 28.9 Å². The minimum Gasteiger partial charge on any atom is -0.367 e. The Hall–Kier alpha value is -1.55. The third-order valence-corrected chi connectivity index (χ3v) is 2.95. The maximum absolute atomic E-state index is 6.01. The minimum absolute atomic E-state index is 0.723. The van der Waals surface area contributed by atoms with Crippen molar-refractivity contribution < 1.29 is 0 Å². The van der Waals surface area contributed by atoms with Gasteiger partial charge in [-0.25, -0.2) is 0 Å². The van der Waals surface area contributed by atoms with Gasteiger partial charge in [0.1, 0.15) is 11.5 Å². The highest BCUT2D eigenvalue weighted by Crippen LogP contribution is 2.22. The molecule has 1 N–H and O–H groups in total. The number of benzene rings is 1. The highest BCUT2D eigenvalue weighted by atomic mass is 35.5. The standard InChI is InChI=1S/C11H11ClN4/c1-16-9-3-2-7(12)6-8(9)10(15-16)11-13-4-5-14-11/h2-3,6H,4-5H2,1H3,(H,13,14). The van der Waals surface area contributed by atoms with Gasteiger partial charge in [-0.3, -0.25) is 9.67 Å². The molecule has 5 heteroatoms. The molecule has 1 aromatic heterocycles. The topological polar surface area (TPSA) is 42.2 Å². The summed E-state index contributed by atoms with van der Waals surface area (Å²) in [5.41, 5.74) is 1.95. The predicted molar refractivity (Wildman–Crippen MR) is 65.1 cm³/mol. The van der Waals surface area contributed by atoms with Crippen LogP contribution in [-0.4, -0.2) is 28.7 Å². The van der Waals surface area contributed by atoms with E-state index in [9.17, 15) is 0 Å². The van der Waals surface area contributed by atoms with Crippen LogP contribution >= 0.6 is 11.6 Å². The van der Waals surface area contributed by atoms with Crippen LogP contribution in [0.1, 0.15) is 5.69 Å². The molecule has 82 valence electrons. The molecule has 4 nitrogen and oxygen atoms in total. The average molecular weight is 235 g/mol. The Morgan fingerprint density at radius 3 is 3.06 bits per heavy atom. The molecule has 0 unspecified atom stereocenters. The molecule has 16 heavy (non-hydrogen) atoms. The Bertz CT molecular complexity index is 585. The van der Waals surface area contributed by atoms with Gasteiger partial charge in [-0.15, -0.1) is 0 Å². The number of halogens is 1. The zero-order valence-electron chi connectivity index (χ0n) is 8.87. The largest absolute Gasteiger partial charge is 0.367 e. The molecule has 0 atom stereocenters. The van der Waals surface area contributed by atoms with Crippen molar-refractivity contribution in [3.8, 4) is 0 Å². The van der Waals surface area contributed by atoms with Crippen molar-refractivity contribution in [1.82, 2.24) is 15.1 Å². The van der Waals surface area contributed by atoms with E-state index in [0.29, 0.717) is 0 Å². The van der Waals surface area contributed by atoms with E-state index in [-0.39, 0.29) is 0 Å². The highest BCUT2D eigenvalue weighted by molar-refractivity contribution is 6.31. The number of nitrogens with one attached hydrogen (secondary N) is 1. The van der Waals surface area contributed by atoms with Crippen molar-refractivity contribution in [2.45, 2.75) is 0 Å². The fraction of sp³-hybridized carbons (Fsp3) is 0.273. The van der Waals surface area contributed by atoms with E-state index in [4.69, 9.17) is 11.6 Å². The van der Waals surface area contributed by atoms with Crippen molar-refractivity contribution in [3.63, 3.8) is 0 Å². The maximum atomic E-state index is 6.01. The number of aliphatic imine (C=N–C) groups is 1. The lowest BCUT2D eigenvalue weighted by atomic mass is 10.2. The molecule has 0 spiro atoms. The number of nitrogens with zero attached hydrogens (tertiary/aromatic N) is 3. The van der Waals surface area contributed by atoms with Gasteiger partial charge in [0.25, 0.3) is 0 Å². The van der Waals surface area contributed by atoms with Crippen LogP contribution in [0.5, 0.6) is 0 Å². The normalized spacial score (nSPS) is 15.2. The summed E-state index contributed by atoms with van der Waals surface area (Å²) in [5.74, 6) is 0.868. The van der Waals surface area contributed by atoms with Gasteiger partial charge in [0.15, 0.2) is 0 Å². The summed E-state index contributed by atoms with van der Waals surface area (Å²) in [6.07, 6.45) is 0. The Kier molecular flexibility index (Phi) is 2.11. The maximum Gasteiger partial charge on any atom is 0.149 e. The van der Waals surface area contributed by atoms with Gasteiger partial charge in [0, 0.05) is 24.0 Å². The summed E-state index contributed by atoms with van der Waals surface area (Å²) in [6, 6.07) is 5.78. The third kappa shape index (κ3) is 1.38. The van der Waals surface area contributed by atoms with Crippen LogP contribution in [0, 0.1) is 0 Å². The number of hydrogen-bond donors (Lipinski definition) is 1. The molecule has 1 aliphatic heterocycles. The van der Waals surface area contributed by atoms with E-state index >= 15 is 0 Å². The number of fused-ring (bicyclic) bond motifs is 1. The first-order valence-corrected chi connectivity index (χ1v) is 5.54. The first-order valence-electron chi connectivity index (χ1n) is 5.16. The molecule has 0 bridgehead atoms. The average Bonchev–Trinajstić information content (AvgIpc) is 2.86. The molecule has 0 saturated carbocycles. The number of rotatable bonds is 1. The number of amidine groups is 1. The SMILES string of the molecule is Cn1nc(C2=NCCN2)c2cc(Cl)ccc21. The zero-order chi connectivity index (χ0) is 11.1. The van der Waals surface area contributed by atoms with Crippen LogP contribution in [0.4, 0.5) is 0 Å². The van der Waals surface area contributed by atoms with Gasteiger partial charge < -0.3 is 5.32 Å². The second-order valence-electron chi connectivity index (χ2n) is 3.79. The summed E-state index contributed by atoms with van der Waals surface area (Å²) in [6.45, 7) is 1.70. The number of hydrogen-bond acceptors (Lipinski definition) is 3. The molecule has 2 aromatic rings. The summed E-state index contributed by atoms with van der Waals surface area (Å²) < 4.78 is 1.85. The number of aromatic nitrogens is 2. The summed E-state index contributed by atoms with van der Waals surface area (Å²) in [4.78, 5) is 4.39. The Morgan fingerprint density at radius 1 is 1.44 bits per heavy atom. The highest BCUT2D eigenvalue weighted by Gasteiger charge is 2.16. The molecule has 0 amide bonds. The monoisotopic (exact) mass is 234 g/mol. The molecule has 0 aliphatic carbocycles. The molecular formula is C11H11ClN4. The van der Waals surface area contributed by atoms with Crippen molar-refractivity contribution >= 4 is 28.3 Å². The molecule has 3 rings (SSSR count). The zero-order valence-corrected chi connectivity index (χ0v) is 9.62.